The first-order valence-corrected chi connectivity index (χ1v) is 16.0. The number of hydrogen-bond donors (Lipinski definition) is 0. The van der Waals surface area contributed by atoms with Crippen LogP contribution in [0.25, 0.3) is 0 Å². The van der Waals surface area contributed by atoms with Gasteiger partial charge in [0.2, 0.25) is 0 Å². The Morgan fingerprint density at radius 1 is 0.450 bits per heavy atom. The van der Waals surface area contributed by atoms with Crippen LogP contribution in [0.1, 0.15) is 0 Å². The van der Waals surface area contributed by atoms with Crippen molar-refractivity contribution in [1.82, 2.24) is 0 Å². The Hall–Kier alpha value is -0.977. The molecule has 0 saturated heterocycles. The molecule has 2 heteroatoms. The van der Waals surface area contributed by atoms with Gasteiger partial charge in [0.25, 0.3) is 0 Å². The van der Waals surface area contributed by atoms with Gasteiger partial charge in [-0.2, -0.15) is 0 Å². The molecular formula is C18H15BrZr. The SMILES string of the molecule is [Br][Zr]([c]1ccccc1)([c]1ccccc1)[c]1ccccc1. The Bertz CT molecular complexity index is 569. The molecule has 0 atom stereocenters. The average Bonchev–Trinajstić information content (AvgIpc) is 2.56. The van der Waals surface area contributed by atoms with Crippen molar-refractivity contribution in [2.24, 2.45) is 0 Å². The van der Waals surface area contributed by atoms with E-state index in [0.29, 0.717) is 0 Å². The van der Waals surface area contributed by atoms with Crippen LogP contribution in [0.3, 0.4) is 0 Å². The van der Waals surface area contributed by atoms with E-state index in [-0.39, 0.29) is 0 Å². The number of halogens is 1. The van der Waals surface area contributed by atoms with Crippen LogP contribution in [-0.2, 0) is 17.9 Å². The summed E-state index contributed by atoms with van der Waals surface area (Å²) in [5.41, 5.74) is 0. The van der Waals surface area contributed by atoms with Gasteiger partial charge in [-0.1, -0.05) is 0 Å². The molecule has 0 N–H and O–H groups in total. The van der Waals surface area contributed by atoms with Gasteiger partial charge in [-0.15, -0.1) is 0 Å². The van der Waals surface area contributed by atoms with Crippen LogP contribution in [0.5, 0.6) is 0 Å². The Kier molecular flexibility index (Phi) is 4.33. The molecule has 0 nitrogen and oxygen atoms in total. The molecule has 0 fully saturated rings. The van der Waals surface area contributed by atoms with Crippen LogP contribution < -0.4 is 9.81 Å². The van der Waals surface area contributed by atoms with Gasteiger partial charge in [-0.3, -0.25) is 0 Å². The summed E-state index contributed by atoms with van der Waals surface area (Å²) < 4.78 is 4.33. The quantitative estimate of drug-likeness (QED) is 0.630. The monoisotopic (exact) mass is 400 g/mol. The molecule has 3 rings (SSSR count). The van der Waals surface area contributed by atoms with Crippen LogP contribution in [-0.4, -0.2) is 0 Å². The van der Waals surface area contributed by atoms with E-state index >= 15 is 0 Å². The summed E-state index contributed by atoms with van der Waals surface area (Å²) in [4.78, 5) is 0. The Morgan fingerprint density at radius 2 is 0.700 bits per heavy atom. The molecule has 0 bridgehead atoms. The first kappa shape index (κ1) is 14.0. The average molecular weight is 402 g/mol. The van der Waals surface area contributed by atoms with Crippen LogP contribution >= 0.6 is 12.2 Å². The van der Waals surface area contributed by atoms with Crippen molar-refractivity contribution >= 4 is 22.0 Å². The van der Waals surface area contributed by atoms with Gasteiger partial charge >= 0.3 is 131 Å². The van der Waals surface area contributed by atoms with Crippen molar-refractivity contribution in [2.75, 3.05) is 0 Å². The molecule has 0 aromatic heterocycles. The van der Waals surface area contributed by atoms with Crippen molar-refractivity contribution in [1.29, 1.82) is 0 Å². The molecule has 0 heterocycles. The van der Waals surface area contributed by atoms with E-state index in [2.05, 4.69) is 103 Å². The Labute approximate surface area is 130 Å². The van der Waals surface area contributed by atoms with Gasteiger partial charge in [0.15, 0.2) is 0 Å². The summed E-state index contributed by atoms with van der Waals surface area (Å²) in [7, 11) is 0. The van der Waals surface area contributed by atoms with Crippen LogP contribution in [0.2, 0.25) is 0 Å². The minimum absolute atomic E-state index is 1.44. The fraction of sp³-hybridized carbons (Fsp3) is 0. The Balaban J connectivity index is 2.24. The zero-order valence-corrected chi connectivity index (χ0v) is 15.1. The molecule has 3 aromatic carbocycles. The van der Waals surface area contributed by atoms with Gasteiger partial charge in [0.1, 0.15) is 0 Å². The number of rotatable bonds is 3. The van der Waals surface area contributed by atoms with Gasteiger partial charge in [-0.05, 0) is 0 Å². The van der Waals surface area contributed by atoms with E-state index in [9.17, 15) is 0 Å². The molecule has 0 aliphatic heterocycles. The first-order chi connectivity index (χ1) is 9.82. The predicted molar refractivity (Wildman–Crippen MR) is 87.2 cm³/mol. The summed E-state index contributed by atoms with van der Waals surface area (Å²) in [5, 5.41) is 0. The second-order valence-electron chi connectivity index (χ2n) is 4.76. The second-order valence-corrected chi connectivity index (χ2v) is 19.3. The van der Waals surface area contributed by atoms with Crippen molar-refractivity contribution in [3.63, 3.8) is 0 Å². The zero-order chi connectivity index (χ0) is 13.8. The molecular weight excluding hydrogens is 387 g/mol. The van der Waals surface area contributed by atoms with Gasteiger partial charge in [0, 0.05) is 0 Å². The van der Waals surface area contributed by atoms with E-state index in [4.69, 9.17) is 0 Å². The topological polar surface area (TPSA) is 0 Å². The second kappa shape index (κ2) is 6.20. The molecule has 0 aliphatic rings. The summed E-state index contributed by atoms with van der Waals surface area (Å²) in [5.74, 6) is 0. The van der Waals surface area contributed by atoms with Crippen molar-refractivity contribution in [2.45, 2.75) is 0 Å². The Morgan fingerprint density at radius 3 is 0.950 bits per heavy atom. The number of benzene rings is 3. The summed E-state index contributed by atoms with van der Waals surface area (Å²) in [6.07, 6.45) is 0. The van der Waals surface area contributed by atoms with Crippen molar-refractivity contribution in [3.05, 3.63) is 91.0 Å². The van der Waals surface area contributed by atoms with E-state index in [0.717, 1.165) is 0 Å². The third-order valence-corrected chi connectivity index (χ3v) is 20.0. The maximum atomic E-state index is 4.22. The van der Waals surface area contributed by atoms with Crippen LogP contribution in [0.4, 0.5) is 0 Å². The van der Waals surface area contributed by atoms with Gasteiger partial charge in [-0.25, -0.2) is 0 Å². The fourth-order valence-corrected chi connectivity index (χ4v) is 14.5. The molecule has 0 saturated carbocycles. The third-order valence-electron chi connectivity index (χ3n) is 3.51. The molecule has 0 aliphatic carbocycles. The molecule has 0 radical (unpaired) electrons. The summed E-state index contributed by atoms with van der Waals surface area (Å²) in [6.45, 7) is 0. The third kappa shape index (κ3) is 2.60. The van der Waals surface area contributed by atoms with E-state index in [1.807, 2.05) is 0 Å². The molecule has 3 aromatic rings. The van der Waals surface area contributed by atoms with Gasteiger partial charge in [0.05, 0.1) is 0 Å². The summed E-state index contributed by atoms with van der Waals surface area (Å²) in [6, 6.07) is 32.6. The van der Waals surface area contributed by atoms with Crippen molar-refractivity contribution in [3.8, 4) is 0 Å². The number of hydrogen-bond acceptors (Lipinski definition) is 0. The molecule has 0 spiro atoms. The molecule has 20 heavy (non-hydrogen) atoms. The van der Waals surface area contributed by atoms with E-state index < -0.39 is 17.9 Å². The minimum atomic E-state index is -2.96. The van der Waals surface area contributed by atoms with E-state index in [1.165, 1.54) is 9.81 Å². The maximum absolute atomic E-state index is 4.22. The fourth-order valence-electron chi connectivity index (χ4n) is 2.50. The van der Waals surface area contributed by atoms with E-state index in [1.54, 1.807) is 0 Å². The molecule has 98 valence electrons. The van der Waals surface area contributed by atoms with Crippen LogP contribution in [0, 0.1) is 0 Å². The zero-order valence-electron chi connectivity index (χ0n) is 11.0. The standard InChI is InChI=1S/3C6H5.BrH.Zr/c3*1-2-4-6-5-3-1;;/h3*1-5H;1H;/q;;;;+1/p-1. The van der Waals surface area contributed by atoms with Gasteiger partial charge < -0.3 is 0 Å². The molecule has 0 unspecified atom stereocenters. The first-order valence-electron chi connectivity index (χ1n) is 6.67. The van der Waals surface area contributed by atoms with Crippen molar-refractivity contribution < 1.29 is 17.9 Å². The predicted octanol–water partition coefficient (Wildman–Crippen LogP) is 3.43. The summed E-state index contributed by atoms with van der Waals surface area (Å²) >= 11 is 1.26. The normalized spacial score (nSPS) is 11.2. The molecule has 0 amide bonds. The van der Waals surface area contributed by atoms with Crippen LogP contribution in [0.15, 0.2) is 91.0 Å².